The third kappa shape index (κ3) is 4.26. The molecule has 1 saturated heterocycles. The average Bonchev–Trinajstić information content (AvgIpc) is 2.65. The number of rotatable bonds is 5. The smallest absolute Gasteiger partial charge is 0.328 e. The van der Waals surface area contributed by atoms with Gasteiger partial charge in [0.1, 0.15) is 18.0 Å². The van der Waals surface area contributed by atoms with Gasteiger partial charge < -0.3 is 4.74 Å². The molecule has 4 heteroatoms. The molecule has 0 aliphatic carbocycles. The Hall–Kier alpha value is -2.20. The summed E-state index contributed by atoms with van der Waals surface area (Å²) in [6.45, 7) is 3.42. The highest BCUT2D eigenvalue weighted by Gasteiger charge is 2.33. The van der Waals surface area contributed by atoms with Crippen LogP contribution in [0, 0.1) is 5.82 Å². The fraction of sp³-hybridized carbons (Fsp3) is 0.381. The third-order valence-electron chi connectivity index (χ3n) is 4.74. The minimum absolute atomic E-state index is 0.359. The van der Waals surface area contributed by atoms with Gasteiger partial charge in [0.2, 0.25) is 0 Å². The van der Waals surface area contributed by atoms with Gasteiger partial charge in [0, 0.05) is 5.56 Å². The van der Waals surface area contributed by atoms with Crippen molar-refractivity contribution < 1.29 is 13.9 Å². The molecule has 0 aromatic heterocycles. The molecule has 132 valence electrons. The van der Waals surface area contributed by atoms with Crippen LogP contribution in [-0.2, 0) is 9.53 Å². The normalized spacial score (nSPS) is 17.7. The zero-order valence-corrected chi connectivity index (χ0v) is 14.5. The Morgan fingerprint density at radius 3 is 2.32 bits per heavy atom. The molecule has 3 nitrogen and oxygen atoms in total. The van der Waals surface area contributed by atoms with Crippen molar-refractivity contribution >= 4 is 5.97 Å². The Balaban J connectivity index is 1.83. The van der Waals surface area contributed by atoms with E-state index in [2.05, 4.69) is 0 Å². The fourth-order valence-electron chi connectivity index (χ4n) is 3.38. The standard InChI is InChI=1S/C21H24FNO2/c1-16(17-10-4-2-5-11-17)25-21(24)20(23-14-8-3-9-15-23)18-12-6-7-13-19(18)22/h2,4-7,10-13,16,20H,3,8-9,14-15H2,1H3/t16-,20?/m1/s1. The van der Waals surface area contributed by atoms with Crippen molar-refractivity contribution in [1.82, 2.24) is 4.90 Å². The Morgan fingerprint density at radius 1 is 1.00 bits per heavy atom. The van der Waals surface area contributed by atoms with Gasteiger partial charge in [-0.15, -0.1) is 0 Å². The molecule has 2 atom stereocenters. The van der Waals surface area contributed by atoms with Gasteiger partial charge in [-0.25, -0.2) is 9.18 Å². The molecule has 1 aliphatic heterocycles. The van der Waals surface area contributed by atoms with E-state index in [0.717, 1.165) is 37.9 Å². The van der Waals surface area contributed by atoms with Crippen molar-refractivity contribution in [2.75, 3.05) is 13.1 Å². The summed E-state index contributed by atoms with van der Waals surface area (Å²) >= 11 is 0. The van der Waals surface area contributed by atoms with E-state index in [1.54, 1.807) is 18.2 Å². The van der Waals surface area contributed by atoms with E-state index in [4.69, 9.17) is 4.74 Å². The van der Waals surface area contributed by atoms with E-state index in [9.17, 15) is 9.18 Å². The van der Waals surface area contributed by atoms with Crippen LogP contribution in [0.4, 0.5) is 4.39 Å². The zero-order valence-electron chi connectivity index (χ0n) is 14.5. The maximum atomic E-state index is 14.4. The summed E-state index contributed by atoms with van der Waals surface area (Å²) < 4.78 is 20.1. The van der Waals surface area contributed by atoms with Gasteiger partial charge in [-0.2, -0.15) is 0 Å². The molecular weight excluding hydrogens is 317 g/mol. The van der Waals surface area contributed by atoms with E-state index in [1.807, 2.05) is 42.2 Å². The molecular formula is C21H24FNO2. The number of nitrogens with zero attached hydrogens (tertiary/aromatic N) is 1. The predicted molar refractivity (Wildman–Crippen MR) is 95.5 cm³/mol. The first kappa shape index (κ1) is 17.6. The summed E-state index contributed by atoms with van der Waals surface area (Å²) in [7, 11) is 0. The number of halogens is 1. The Kier molecular flexibility index (Phi) is 5.82. The highest BCUT2D eigenvalue weighted by atomic mass is 19.1. The minimum Gasteiger partial charge on any atom is -0.456 e. The molecule has 1 heterocycles. The van der Waals surface area contributed by atoms with Crippen LogP contribution in [0.15, 0.2) is 54.6 Å². The lowest BCUT2D eigenvalue weighted by molar-refractivity contribution is -0.156. The molecule has 0 spiro atoms. The lowest BCUT2D eigenvalue weighted by Crippen LogP contribution is -2.39. The van der Waals surface area contributed by atoms with E-state index < -0.39 is 6.04 Å². The second-order valence-electron chi connectivity index (χ2n) is 6.51. The van der Waals surface area contributed by atoms with Gasteiger partial charge in [0.05, 0.1) is 0 Å². The van der Waals surface area contributed by atoms with Crippen molar-refractivity contribution in [2.45, 2.75) is 38.3 Å². The Labute approximate surface area is 148 Å². The molecule has 1 fully saturated rings. The topological polar surface area (TPSA) is 29.5 Å². The van der Waals surface area contributed by atoms with Crippen LogP contribution < -0.4 is 0 Å². The number of piperidine rings is 1. The Bertz CT molecular complexity index is 698. The molecule has 3 rings (SSSR count). The second-order valence-corrected chi connectivity index (χ2v) is 6.51. The molecule has 0 N–H and O–H groups in total. The maximum Gasteiger partial charge on any atom is 0.328 e. The van der Waals surface area contributed by atoms with E-state index in [-0.39, 0.29) is 17.9 Å². The molecule has 2 aromatic rings. The number of ether oxygens (including phenoxy) is 1. The van der Waals surface area contributed by atoms with Crippen molar-refractivity contribution in [3.8, 4) is 0 Å². The SMILES string of the molecule is C[C@@H](OC(=O)C(c1ccccc1F)N1CCCCC1)c1ccccc1. The number of carbonyl (C=O) groups excluding carboxylic acids is 1. The number of hydrogen-bond donors (Lipinski definition) is 0. The minimum atomic E-state index is -0.687. The molecule has 1 unspecified atom stereocenters. The fourth-order valence-corrected chi connectivity index (χ4v) is 3.38. The van der Waals surface area contributed by atoms with Crippen molar-refractivity contribution in [3.63, 3.8) is 0 Å². The van der Waals surface area contributed by atoms with Crippen LogP contribution in [0.2, 0.25) is 0 Å². The molecule has 2 aromatic carbocycles. The van der Waals surface area contributed by atoms with E-state index in [0.29, 0.717) is 5.56 Å². The van der Waals surface area contributed by atoms with Crippen molar-refractivity contribution in [3.05, 3.63) is 71.5 Å². The van der Waals surface area contributed by atoms with Crippen LogP contribution >= 0.6 is 0 Å². The van der Waals surface area contributed by atoms with Crippen molar-refractivity contribution in [1.29, 1.82) is 0 Å². The lowest BCUT2D eigenvalue weighted by atomic mass is 10.0. The van der Waals surface area contributed by atoms with Gasteiger partial charge >= 0.3 is 5.97 Å². The predicted octanol–water partition coefficient (Wildman–Crippen LogP) is 4.66. The van der Waals surface area contributed by atoms with Crippen LogP contribution in [-0.4, -0.2) is 24.0 Å². The first-order valence-electron chi connectivity index (χ1n) is 8.90. The molecule has 1 aliphatic rings. The molecule has 0 bridgehead atoms. The first-order valence-corrected chi connectivity index (χ1v) is 8.90. The first-order chi connectivity index (χ1) is 12.2. The summed E-state index contributed by atoms with van der Waals surface area (Å²) in [5.41, 5.74) is 1.33. The van der Waals surface area contributed by atoms with Gasteiger partial charge in [0.25, 0.3) is 0 Å². The largest absolute Gasteiger partial charge is 0.456 e. The molecule has 0 saturated carbocycles. The van der Waals surface area contributed by atoms with Crippen LogP contribution in [0.3, 0.4) is 0 Å². The lowest BCUT2D eigenvalue weighted by Gasteiger charge is -2.34. The maximum absolute atomic E-state index is 14.4. The third-order valence-corrected chi connectivity index (χ3v) is 4.74. The van der Waals surface area contributed by atoms with Crippen LogP contribution in [0.5, 0.6) is 0 Å². The highest BCUT2D eigenvalue weighted by molar-refractivity contribution is 5.78. The monoisotopic (exact) mass is 341 g/mol. The zero-order chi connectivity index (χ0) is 17.6. The van der Waals surface area contributed by atoms with Gasteiger partial charge in [0.15, 0.2) is 0 Å². The van der Waals surface area contributed by atoms with Crippen LogP contribution in [0.1, 0.15) is 49.5 Å². The Morgan fingerprint density at radius 2 is 1.64 bits per heavy atom. The molecule has 0 radical (unpaired) electrons. The second kappa shape index (κ2) is 8.26. The van der Waals surface area contributed by atoms with Crippen LogP contribution in [0.25, 0.3) is 0 Å². The summed E-state index contributed by atoms with van der Waals surface area (Å²) in [5, 5.41) is 0. The summed E-state index contributed by atoms with van der Waals surface area (Å²) in [4.78, 5) is 15.0. The number of benzene rings is 2. The number of likely N-dealkylation sites (tertiary alicyclic amines) is 1. The van der Waals surface area contributed by atoms with E-state index in [1.165, 1.54) is 6.07 Å². The van der Waals surface area contributed by atoms with Gasteiger partial charge in [-0.1, -0.05) is 55.0 Å². The highest BCUT2D eigenvalue weighted by Crippen LogP contribution is 2.30. The summed E-state index contributed by atoms with van der Waals surface area (Å²) in [5.74, 6) is -0.745. The average molecular weight is 341 g/mol. The van der Waals surface area contributed by atoms with Crippen molar-refractivity contribution in [2.24, 2.45) is 0 Å². The van der Waals surface area contributed by atoms with E-state index >= 15 is 0 Å². The summed E-state index contributed by atoms with van der Waals surface area (Å²) in [6.07, 6.45) is 2.82. The summed E-state index contributed by atoms with van der Waals surface area (Å²) in [6, 6.07) is 15.4. The number of esters is 1. The number of hydrogen-bond acceptors (Lipinski definition) is 3. The van der Waals surface area contributed by atoms with Gasteiger partial charge in [-0.05, 0) is 44.5 Å². The number of carbonyl (C=O) groups is 1. The molecule has 0 amide bonds. The quantitative estimate of drug-likeness (QED) is 0.741. The van der Waals surface area contributed by atoms with Gasteiger partial charge in [-0.3, -0.25) is 4.90 Å². The molecule has 25 heavy (non-hydrogen) atoms.